The molecule has 1 unspecified atom stereocenters. The Hall–Kier alpha value is -1.12. The Bertz CT molecular complexity index is 640. The molecule has 160 valence electrons. The summed E-state index contributed by atoms with van der Waals surface area (Å²) in [6.45, 7) is 18.4. The number of hydrogen-bond acceptors (Lipinski definition) is 4. The van der Waals surface area contributed by atoms with Gasteiger partial charge in [-0.05, 0) is 63.5 Å². The molecule has 1 atom stereocenters. The van der Waals surface area contributed by atoms with Crippen LogP contribution < -0.4 is 5.32 Å². The number of nitrogens with zero attached hydrogens (tertiary/aromatic N) is 3. The summed E-state index contributed by atoms with van der Waals surface area (Å²) in [7, 11) is 0. The van der Waals surface area contributed by atoms with Crippen molar-refractivity contribution in [2.45, 2.75) is 66.3 Å². The van der Waals surface area contributed by atoms with E-state index in [4.69, 9.17) is 9.47 Å². The van der Waals surface area contributed by atoms with Crippen LogP contribution in [0, 0.1) is 5.92 Å². The first-order valence-electron chi connectivity index (χ1n) is 10.3. The molecule has 0 aliphatic carbocycles. The number of rotatable bonds is 9. The predicted molar refractivity (Wildman–Crippen MR) is 113 cm³/mol. The van der Waals surface area contributed by atoms with E-state index in [0.29, 0.717) is 19.8 Å². The Labute approximate surface area is 177 Å². The largest absolute Gasteiger partial charge is 0.444 e. The summed E-state index contributed by atoms with van der Waals surface area (Å²) in [6.07, 6.45) is -0.391. The molecule has 1 aliphatic heterocycles. The van der Waals surface area contributed by atoms with Gasteiger partial charge in [0.15, 0.2) is 0 Å². The van der Waals surface area contributed by atoms with Crippen molar-refractivity contribution in [3.05, 3.63) is 16.4 Å². The van der Waals surface area contributed by atoms with Gasteiger partial charge in [0.2, 0.25) is 0 Å². The molecule has 1 saturated heterocycles. The number of quaternary nitrogens is 1. The van der Waals surface area contributed by atoms with Crippen molar-refractivity contribution in [2.24, 2.45) is 5.92 Å². The number of halogens is 1. The minimum Gasteiger partial charge on any atom is -0.444 e. The highest BCUT2D eigenvalue weighted by Crippen LogP contribution is 2.22. The lowest BCUT2D eigenvalue weighted by molar-refractivity contribution is -0.936. The van der Waals surface area contributed by atoms with Crippen LogP contribution in [0.4, 0.5) is 4.79 Å². The van der Waals surface area contributed by atoms with Crippen molar-refractivity contribution in [1.29, 1.82) is 0 Å². The second-order valence-corrected chi connectivity index (χ2v) is 9.45. The van der Waals surface area contributed by atoms with Gasteiger partial charge >= 0.3 is 6.09 Å². The van der Waals surface area contributed by atoms with Crippen LogP contribution in [-0.2, 0) is 22.6 Å². The van der Waals surface area contributed by atoms with Crippen LogP contribution in [0.3, 0.4) is 0 Å². The summed E-state index contributed by atoms with van der Waals surface area (Å²) in [4.78, 5) is 12.3. The molecule has 1 amide bonds. The molecular formula is C20H36BrN4O3+. The van der Waals surface area contributed by atoms with Gasteiger partial charge in [-0.15, -0.1) is 0 Å². The fourth-order valence-electron chi connectivity index (χ4n) is 3.50. The van der Waals surface area contributed by atoms with Crippen LogP contribution in [0.25, 0.3) is 0 Å². The molecule has 28 heavy (non-hydrogen) atoms. The van der Waals surface area contributed by atoms with E-state index in [1.54, 1.807) is 0 Å². The zero-order chi connectivity index (χ0) is 20.9. The van der Waals surface area contributed by atoms with Gasteiger partial charge in [-0.2, -0.15) is 5.10 Å². The summed E-state index contributed by atoms with van der Waals surface area (Å²) in [5, 5.41) is 7.69. The van der Waals surface area contributed by atoms with Gasteiger partial charge in [-0.1, -0.05) is 0 Å². The molecular weight excluding hydrogens is 424 g/mol. The highest BCUT2D eigenvalue weighted by molar-refractivity contribution is 9.10. The van der Waals surface area contributed by atoms with Crippen LogP contribution in [0.1, 0.15) is 47.2 Å². The minimum atomic E-state index is -0.523. The summed E-state index contributed by atoms with van der Waals surface area (Å²) in [5.74, 6) is 0.270. The van der Waals surface area contributed by atoms with E-state index in [9.17, 15) is 4.79 Å². The fourth-order valence-corrected chi connectivity index (χ4v) is 3.96. The second kappa shape index (κ2) is 9.59. The number of nitrogens with one attached hydrogen (secondary N) is 1. The van der Waals surface area contributed by atoms with E-state index in [2.05, 4.69) is 53.2 Å². The fraction of sp³-hybridized carbons (Fsp3) is 0.800. The molecule has 0 bridgehead atoms. The third kappa shape index (κ3) is 6.19. The maximum absolute atomic E-state index is 12.3. The standard InChI is InChI=1S/C20H35BrN4O3/c1-7-25(8-2,9-3)12-16-10-18(21)23-24(16)11-17(15-13-27-14-15)22-19(26)28-20(4,5)6/h10,15,17H,7-9,11-14H2,1-6H3/p+1. The molecule has 0 saturated carbocycles. The first kappa shape index (κ1) is 23.2. The molecule has 8 heteroatoms. The minimum absolute atomic E-state index is 0.0825. The van der Waals surface area contributed by atoms with Gasteiger partial charge in [0.1, 0.15) is 16.7 Å². The number of alkyl carbamates (subject to hydrolysis) is 1. The smallest absolute Gasteiger partial charge is 0.407 e. The molecule has 1 aliphatic rings. The van der Waals surface area contributed by atoms with Gasteiger partial charge in [-0.25, -0.2) is 4.79 Å². The molecule has 1 N–H and O–H groups in total. The summed E-state index contributed by atoms with van der Waals surface area (Å²) in [6, 6.07) is 2.01. The first-order valence-corrected chi connectivity index (χ1v) is 11.0. The molecule has 1 aromatic heterocycles. The van der Waals surface area contributed by atoms with Crippen molar-refractivity contribution >= 4 is 22.0 Å². The van der Waals surface area contributed by atoms with Crippen LogP contribution in [-0.4, -0.2) is 64.8 Å². The van der Waals surface area contributed by atoms with Crippen molar-refractivity contribution in [3.63, 3.8) is 0 Å². The zero-order valence-corrected chi connectivity index (χ0v) is 19.7. The van der Waals surface area contributed by atoms with Crippen molar-refractivity contribution in [1.82, 2.24) is 15.1 Å². The van der Waals surface area contributed by atoms with Gasteiger partial charge in [-0.3, -0.25) is 4.68 Å². The van der Waals surface area contributed by atoms with Crippen LogP contribution in [0.15, 0.2) is 10.7 Å². The molecule has 7 nitrogen and oxygen atoms in total. The highest BCUT2D eigenvalue weighted by Gasteiger charge is 2.33. The zero-order valence-electron chi connectivity index (χ0n) is 18.1. The SMILES string of the molecule is CC[N+](CC)(CC)Cc1cc(Br)nn1CC(NC(=O)OC(C)(C)C)C1COC1. The topological polar surface area (TPSA) is 65.4 Å². The maximum Gasteiger partial charge on any atom is 0.407 e. The van der Waals surface area contributed by atoms with E-state index in [0.717, 1.165) is 35.3 Å². The molecule has 0 aromatic carbocycles. The monoisotopic (exact) mass is 459 g/mol. The lowest BCUT2D eigenvalue weighted by Gasteiger charge is -2.37. The normalized spacial score (nSPS) is 16.5. The summed E-state index contributed by atoms with van der Waals surface area (Å²) in [5.41, 5.74) is 0.652. The Balaban J connectivity index is 2.17. The Morgan fingerprint density at radius 1 is 1.36 bits per heavy atom. The molecule has 0 spiro atoms. The maximum atomic E-state index is 12.3. The molecule has 1 fully saturated rings. The number of hydrogen-bond donors (Lipinski definition) is 1. The Morgan fingerprint density at radius 3 is 2.43 bits per heavy atom. The van der Waals surface area contributed by atoms with Crippen LogP contribution in [0.5, 0.6) is 0 Å². The van der Waals surface area contributed by atoms with Crippen LogP contribution >= 0.6 is 15.9 Å². The predicted octanol–water partition coefficient (Wildman–Crippen LogP) is 3.56. The van der Waals surface area contributed by atoms with Crippen LogP contribution in [0.2, 0.25) is 0 Å². The number of aromatic nitrogens is 2. The first-order chi connectivity index (χ1) is 13.1. The highest BCUT2D eigenvalue weighted by atomic mass is 79.9. The van der Waals surface area contributed by atoms with Crippen molar-refractivity contribution < 1.29 is 18.8 Å². The summed E-state index contributed by atoms with van der Waals surface area (Å²) >= 11 is 3.53. The van der Waals surface area contributed by atoms with E-state index < -0.39 is 11.7 Å². The van der Waals surface area contributed by atoms with Crippen molar-refractivity contribution in [3.8, 4) is 0 Å². The van der Waals surface area contributed by atoms with E-state index >= 15 is 0 Å². The Morgan fingerprint density at radius 2 is 1.96 bits per heavy atom. The van der Waals surface area contributed by atoms with Gasteiger partial charge < -0.3 is 19.3 Å². The number of carbonyl (C=O) groups excluding carboxylic acids is 1. The number of amides is 1. The van der Waals surface area contributed by atoms with E-state index in [1.165, 1.54) is 5.69 Å². The average Bonchev–Trinajstić information content (AvgIpc) is 2.88. The lowest BCUT2D eigenvalue weighted by atomic mass is 9.98. The third-order valence-electron chi connectivity index (χ3n) is 5.65. The molecule has 0 radical (unpaired) electrons. The van der Waals surface area contributed by atoms with Gasteiger partial charge in [0.25, 0.3) is 0 Å². The quantitative estimate of drug-likeness (QED) is 0.573. The average molecular weight is 460 g/mol. The lowest BCUT2D eigenvalue weighted by Crippen LogP contribution is -2.52. The Kier molecular flexibility index (Phi) is 7.93. The van der Waals surface area contributed by atoms with E-state index in [1.807, 2.05) is 25.5 Å². The molecule has 1 aromatic rings. The van der Waals surface area contributed by atoms with Gasteiger partial charge in [0.05, 0.1) is 51.1 Å². The van der Waals surface area contributed by atoms with Crippen molar-refractivity contribution in [2.75, 3.05) is 32.8 Å². The van der Waals surface area contributed by atoms with Gasteiger partial charge in [0, 0.05) is 5.92 Å². The number of carbonyl (C=O) groups is 1. The third-order valence-corrected chi connectivity index (χ3v) is 6.04. The molecule has 2 rings (SSSR count). The molecule has 2 heterocycles. The summed E-state index contributed by atoms with van der Waals surface area (Å²) < 4.78 is 14.7. The number of ether oxygens (including phenoxy) is 2. The second-order valence-electron chi connectivity index (χ2n) is 8.64. The van der Waals surface area contributed by atoms with E-state index in [-0.39, 0.29) is 12.0 Å².